The zero-order valence-corrected chi connectivity index (χ0v) is 14.0. The number of hydrogen-bond acceptors (Lipinski definition) is 2. The van der Waals surface area contributed by atoms with Gasteiger partial charge in [-0.25, -0.2) is 0 Å². The molecule has 2 aromatic rings. The molecule has 0 radical (unpaired) electrons. The van der Waals surface area contributed by atoms with Gasteiger partial charge in [-0.3, -0.25) is 9.69 Å². The Balaban J connectivity index is 1.54. The first-order valence-electron chi connectivity index (χ1n) is 8.93. The molecule has 2 fully saturated rings. The van der Waals surface area contributed by atoms with Crippen molar-refractivity contribution in [2.24, 2.45) is 0 Å². The maximum atomic E-state index is 13.0. The summed E-state index contributed by atoms with van der Waals surface area (Å²) < 4.78 is 0. The van der Waals surface area contributed by atoms with E-state index < -0.39 is 0 Å². The highest BCUT2D eigenvalue weighted by Gasteiger charge is 2.37. The van der Waals surface area contributed by atoms with Crippen molar-refractivity contribution >= 4 is 5.91 Å². The topological polar surface area (TPSA) is 23.6 Å². The molecule has 124 valence electrons. The summed E-state index contributed by atoms with van der Waals surface area (Å²) in [6.45, 7) is 2.81. The third-order valence-electron chi connectivity index (χ3n) is 5.18. The Morgan fingerprint density at radius 1 is 0.917 bits per heavy atom. The van der Waals surface area contributed by atoms with E-state index in [0.717, 1.165) is 31.2 Å². The molecule has 0 aromatic heterocycles. The zero-order valence-electron chi connectivity index (χ0n) is 14.0. The van der Waals surface area contributed by atoms with Crippen LogP contribution in [0.3, 0.4) is 0 Å². The summed E-state index contributed by atoms with van der Waals surface area (Å²) in [4.78, 5) is 17.6. The van der Waals surface area contributed by atoms with Gasteiger partial charge in [0, 0.05) is 25.7 Å². The van der Waals surface area contributed by atoms with Crippen molar-refractivity contribution in [3.63, 3.8) is 0 Å². The predicted octanol–water partition coefficient (Wildman–Crippen LogP) is 3.28. The molecule has 0 spiro atoms. The van der Waals surface area contributed by atoms with E-state index in [1.807, 2.05) is 36.4 Å². The molecule has 1 amide bonds. The fraction of sp³-hybridized carbons (Fsp3) is 0.381. The number of piperazine rings is 1. The first-order valence-corrected chi connectivity index (χ1v) is 8.93. The molecule has 1 atom stereocenters. The minimum Gasteiger partial charge on any atom is -0.333 e. The Labute approximate surface area is 143 Å². The van der Waals surface area contributed by atoms with Crippen LogP contribution >= 0.6 is 0 Å². The second-order valence-corrected chi connectivity index (χ2v) is 6.90. The molecule has 2 aromatic carbocycles. The number of amides is 1. The van der Waals surface area contributed by atoms with E-state index in [1.165, 1.54) is 18.4 Å². The summed E-state index contributed by atoms with van der Waals surface area (Å²) in [6, 6.07) is 21.5. The Hall–Kier alpha value is -2.13. The lowest BCUT2D eigenvalue weighted by molar-refractivity contribution is -0.135. The molecule has 1 aliphatic heterocycles. The van der Waals surface area contributed by atoms with Crippen molar-refractivity contribution in [2.75, 3.05) is 19.6 Å². The van der Waals surface area contributed by atoms with Crippen LogP contribution in [0.1, 0.15) is 30.0 Å². The van der Waals surface area contributed by atoms with Gasteiger partial charge >= 0.3 is 0 Å². The number of benzene rings is 2. The van der Waals surface area contributed by atoms with E-state index in [0.29, 0.717) is 6.42 Å². The quantitative estimate of drug-likeness (QED) is 0.863. The number of carbonyl (C=O) groups excluding carboxylic acids is 1. The zero-order chi connectivity index (χ0) is 16.4. The molecule has 0 N–H and O–H groups in total. The van der Waals surface area contributed by atoms with Gasteiger partial charge in [0.2, 0.25) is 5.91 Å². The van der Waals surface area contributed by atoms with Crippen molar-refractivity contribution in [3.05, 3.63) is 71.8 Å². The van der Waals surface area contributed by atoms with Gasteiger partial charge in [0.25, 0.3) is 0 Å². The molecule has 1 heterocycles. The Kier molecular flexibility index (Phi) is 4.35. The average Bonchev–Trinajstić information content (AvgIpc) is 3.48. The molecule has 24 heavy (non-hydrogen) atoms. The van der Waals surface area contributed by atoms with Gasteiger partial charge in [-0.2, -0.15) is 0 Å². The molecular formula is C21H24N2O. The van der Waals surface area contributed by atoms with Crippen LogP contribution in [0.4, 0.5) is 0 Å². The molecule has 4 rings (SSSR count). The van der Waals surface area contributed by atoms with Crippen LogP contribution in [0.2, 0.25) is 0 Å². The van der Waals surface area contributed by atoms with E-state index in [4.69, 9.17) is 0 Å². The van der Waals surface area contributed by atoms with Crippen molar-refractivity contribution < 1.29 is 4.79 Å². The van der Waals surface area contributed by atoms with E-state index in [-0.39, 0.29) is 11.9 Å². The van der Waals surface area contributed by atoms with Crippen LogP contribution in [-0.4, -0.2) is 41.4 Å². The van der Waals surface area contributed by atoms with Gasteiger partial charge in [-0.15, -0.1) is 0 Å². The summed E-state index contributed by atoms with van der Waals surface area (Å²) in [5, 5.41) is 0. The number of rotatable bonds is 4. The normalized spacial score (nSPS) is 21.7. The number of carbonyl (C=O) groups is 1. The third-order valence-corrected chi connectivity index (χ3v) is 5.18. The molecule has 1 aliphatic carbocycles. The van der Waals surface area contributed by atoms with Crippen molar-refractivity contribution in [2.45, 2.75) is 31.3 Å². The van der Waals surface area contributed by atoms with Gasteiger partial charge in [0.15, 0.2) is 0 Å². The van der Waals surface area contributed by atoms with Crippen LogP contribution in [0.15, 0.2) is 60.7 Å². The van der Waals surface area contributed by atoms with Crippen LogP contribution in [0.5, 0.6) is 0 Å². The van der Waals surface area contributed by atoms with Crippen molar-refractivity contribution in [1.29, 1.82) is 0 Å². The Morgan fingerprint density at radius 3 is 2.25 bits per heavy atom. The predicted molar refractivity (Wildman–Crippen MR) is 95.6 cm³/mol. The summed E-state index contributed by atoms with van der Waals surface area (Å²) >= 11 is 0. The summed E-state index contributed by atoms with van der Waals surface area (Å²) in [5.74, 6) is 0.241. The molecule has 3 heteroatoms. The van der Waals surface area contributed by atoms with Gasteiger partial charge in [0.05, 0.1) is 12.5 Å². The maximum Gasteiger partial charge on any atom is 0.227 e. The average molecular weight is 320 g/mol. The van der Waals surface area contributed by atoms with E-state index in [1.54, 1.807) is 0 Å². The fourth-order valence-corrected chi connectivity index (χ4v) is 3.71. The minimum atomic E-state index is 0.178. The molecule has 3 nitrogen and oxygen atoms in total. The van der Waals surface area contributed by atoms with Gasteiger partial charge in [0.1, 0.15) is 0 Å². The first-order chi connectivity index (χ1) is 11.8. The lowest BCUT2D eigenvalue weighted by Crippen LogP contribution is -2.51. The smallest absolute Gasteiger partial charge is 0.227 e. The fourth-order valence-electron chi connectivity index (χ4n) is 3.71. The number of nitrogens with zero attached hydrogens (tertiary/aromatic N) is 2. The van der Waals surface area contributed by atoms with Crippen molar-refractivity contribution in [3.8, 4) is 0 Å². The largest absolute Gasteiger partial charge is 0.333 e. The first kappa shape index (κ1) is 15.4. The number of hydrogen-bond donors (Lipinski definition) is 0. The molecule has 0 bridgehead atoms. The Morgan fingerprint density at radius 2 is 1.58 bits per heavy atom. The van der Waals surface area contributed by atoms with Crippen LogP contribution in [-0.2, 0) is 11.2 Å². The molecule has 1 saturated heterocycles. The van der Waals surface area contributed by atoms with Gasteiger partial charge in [-0.05, 0) is 24.0 Å². The summed E-state index contributed by atoms with van der Waals surface area (Å²) in [6.07, 6.45) is 3.13. The van der Waals surface area contributed by atoms with Crippen LogP contribution < -0.4 is 0 Å². The highest BCUT2D eigenvalue weighted by molar-refractivity contribution is 5.79. The molecule has 1 unspecified atom stereocenters. The monoisotopic (exact) mass is 320 g/mol. The standard InChI is InChI=1S/C21H24N2O/c24-21(15-17-7-3-1-4-8-17)23-14-13-22(19-11-12-19)16-20(23)18-9-5-2-6-10-18/h1-10,19-20H,11-16H2. The highest BCUT2D eigenvalue weighted by Crippen LogP contribution is 2.33. The van der Waals surface area contributed by atoms with E-state index >= 15 is 0 Å². The molecule has 1 saturated carbocycles. The second kappa shape index (κ2) is 6.78. The third kappa shape index (κ3) is 3.36. The summed E-state index contributed by atoms with van der Waals surface area (Å²) in [5.41, 5.74) is 2.35. The van der Waals surface area contributed by atoms with E-state index in [2.05, 4.69) is 34.1 Å². The maximum absolute atomic E-state index is 13.0. The van der Waals surface area contributed by atoms with Gasteiger partial charge < -0.3 is 4.90 Å². The van der Waals surface area contributed by atoms with Gasteiger partial charge in [-0.1, -0.05) is 60.7 Å². The SMILES string of the molecule is O=C(Cc1ccccc1)N1CCN(C2CC2)CC1c1ccccc1. The minimum absolute atomic E-state index is 0.178. The highest BCUT2D eigenvalue weighted by atomic mass is 16.2. The second-order valence-electron chi connectivity index (χ2n) is 6.90. The summed E-state index contributed by atoms with van der Waals surface area (Å²) in [7, 11) is 0. The Bertz CT molecular complexity index is 681. The van der Waals surface area contributed by atoms with Crippen molar-refractivity contribution in [1.82, 2.24) is 9.80 Å². The van der Waals surface area contributed by atoms with Crippen LogP contribution in [0, 0.1) is 0 Å². The molecular weight excluding hydrogens is 296 g/mol. The lowest BCUT2D eigenvalue weighted by Gasteiger charge is -2.42. The lowest BCUT2D eigenvalue weighted by atomic mass is 10.0. The molecule has 2 aliphatic rings. The van der Waals surface area contributed by atoms with E-state index in [9.17, 15) is 4.79 Å². The van der Waals surface area contributed by atoms with Crippen LogP contribution in [0.25, 0.3) is 0 Å².